The molecule has 14 nitrogen and oxygen atoms in total. The van der Waals surface area contributed by atoms with Crippen molar-refractivity contribution in [3.05, 3.63) is 29.9 Å². The number of nitrogens with two attached hydrogens (primary N) is 1. The van der Waals surface area contributed by atoms with Gasteiger partial charge in [-0.1, -0.05) is 5.16 Å². The Hall–Kier alpha value is -3.52. The molecule has 0 saturated heterocycles. The van der Waals surface area contributed by atoms with Gasteiger partial charge in [0.05, 0.1) is 18.5 Å². The highest BCUT2D eigenvalue weighted by Crippen LogP contribution is 2.20. The standard InChI is InChI=1S/C16H23N7O7/c1-7(24)12(15(27)28)21-16(29)20-10(2-3-11(25)26)14-22-13(23-30-14)9(17)4-8-5-18-6-19-8/h5-7,9-10,12,24H,2-4,17H2,1H3,(H,18,19)(H,25,26)(H,27,28)(H2,20,21,29)/t7?,9-,10-,12?/m0/s1. The molecule has 2 rings (SSSR count). The van der Waals surface area contributed by atoms with Gasteiger partial charge in [0, 0.05) is 24.7 Å². The van der Waals surface area contributed by atoms with Crippen molar-refractivity contribution in [1.82, 2.24) is 30.7 Å². The van der Waals surface area contributed by atoms with Crippen molar-refractivity contribution in [3.8, 4) is 0 Å². The molecule has 0 aliphatic carbocycles. The summed E-state index contributed by atoms with van der Waals surface area (Å²) < 4.78 is 5.13. The maximum absolute atomic E-state index is 12.2. The molecule has 0 spiro atoms. The second-order valence-corrected chi connectivity index (χ2v) is 6.54. The number of carbonyl (C=O) groups excluding carboxylic acids is 1. The molecule has 0 aromatic carbocycles. The molecular weight excluding hydrogens is 402 g/mol. The number of urea groups is 1. The summed E-state index contributed by atoms with van der Waals surface area (Å²) >= 11 is 0. The van der Waals surface area contributed by atoms with Gasteiger partial charge in [0.25, 0.3) is 0 Å². The lowest BCUT2D eigenvalue weighted by molar-refractivity contribution is -0.141. The fraction of sp³-hybridized carbons (Fsp3) is 0.500. The van der Waals surface area contributed by atoms with E-state index in [1.54, 1.807) is 6.20 Å². The molecule has 14 heteroatoms. The normalized spacial score (nSPS) is 15.0. The summed E-state index contributed by atoms with van der Waals surface area (Å²) in [4.78, 5) is 45.1. The molecule has 2 unspecified atom stereocenters. The van der Waals surface area contributed by atoms with Crippen LogP contribution in [0.2, 0.25) is 0 Å². The summed E-state index contributed by atoms with van der Waals surface area (Å²) in [7, 11) is 0. The number of rotatable bonds is 11. The van der Waals surface area contributed by atoms with Crippen LogP contribution >= 0.6 is 0 Å². The molecule has 0 aliphatic rings. The Morgan fingerprint density at radius 2 is 2.03 bits per heavy atom. The molecule has 2 heterocycles. The predicted octanol–water partition coefficient (Wildman–Crippen LogP) is -0.926. The van der Waals surface area contributed by atoms with E-state index in [0.29, 0.717) is 6.42 Å². The zero-order chi connectivity index (χ0) is 22.3. The Balaban J connectivity index is 2.10. The van der Waals surface area contributed by atoms with Crippen molar-refractivity contribution < 1.29 is 34.2 Å². The smallest absolute Gasteiger partial charge is 0.328 e. The number of aliphatic carboxylic acids is 2. The average molecular weight is 425 g/mol. The van der Waals surface area contributed by atoms with E-state index in [4.69, 9.17) is 20.5 Å². The SMILES string of the molecule is CC(O)C(NC(=O)N[C@@H](CCC(=O)O)c1nc([C@@H](N)Cc2cnc[nH]2)no1)C(=O)O. The first-order valence-electron chi connectivity index (χ1n) is 8.93. The summed E-state index contributed by atoms with van der Waals surface area (Å²) in [6, 6.07) is -4.19. The summed E-state index contributed by atoms with van der Waals surface area (Å²) in [5, 5.41) is 35.7. The topological polar surface area (TPSA) is 230 Å². The minimum Gasteiger partial charge on any atom is -0.481 e. The van der Waals surface area contributed by atoms with E-state index < -0.39 is 42.2 Å². The molecular formula is C16H23N7O7. The largest absolute Gasteiger partial charge is 0.481 e. The maximum atomic E-state index is 12.2. The van der Waals surface area contributed by atoms with Crippen molar-refractivity contribution in [3.63, 3.8) is 0 Å². The summed E-state index contributed by atoms with van der Waals surface area (Å²) in [5.74, 6) is -2.52. The number of aromatic nitrogens is 4. The van der Waals surface area contributed by atoms with Gasteiger partial charge in [-0.25, -0.2) is 14.6 Å². The summed E-state index contributed by atoms with van der Waals surface area (Å²) in [5.41, 5.74) is 6.78. The van der Waals surface area contributed by atoms with Crippen molar-refractivity contribution >= 4 is 18.0 Å². The zero-order valence-electron chi connectivity index (χ0n) is 16.0. The Bertz CT molecular complexity index is 852. The third kappa shape index (κ3) is 6.52. The molecule has 4 atom stereocenters. The number of aliphatic hydroxyl groups excluding tert-OH is 1. The Labute approximate surface area is 169 Å². The molecule has 0 bridgehead atoms. The van der Waals surface area contributed by atoms with Crippen LogP contribution in [0.5, 0.6) is 0 Å². The number of carboxylic acids is 2. The molecule has 2 aromatic heterocycles. The third-order valence-electron chi connectivity index (χ3n) is 4.07. The van der Waals surface area contributed by atoms with E-state index in [1.165, 1.54) is 13.3 Å². The van der Waals surface area contributed by atoms with Gasteiger partial charge in [-0.15, -0.1) is 0 Å². The van der Waals surface area contributed by atoms with Gasteiger partial charge in [0.2, 0.25) is 5.89 Å². The highest BCUT2D eigenvalue weighted by Gasteiger charge is 2.28. The number of H-pyrrole nitrogens is 1. The average Bonchev–Trinajstić information content (AvgIpc) is 3.34. The van der Waals surface area contributed by atoms with Gasteiger partial charge < -0.3 is 41.2 Å². The van der Waals surface area contributed by atoms with Crippen LogP contribution < -0.4 is 16.4 Å². The fourth-order valence-corrected chi connectivity index (χ4v) is 2.52. The first kappa shape index (κ1) is 22.8. The highest BCUT2D eigenvalue weighted by atomic mass is 16.5. The van der Waals surface area contributed by atoms with Crippen molar-refractivity contribution in [2.24, 2.45) is 5.73 Å². The second-order valence-electron chi connectivity index (χ2n) is 6.54. The van der Waals surface area contributed by atoms with Crippen LogP contribution in [-0.2, 0) is 16.0 Å². The minimum absolute atomic E-state index is 0.0922. The third-order valence-corrected chi connectivity index (χ3v) is 4.07. The van der Waals surface area contributed by atoms with Gasteiger partial charge in [0.1, 0.15) is 6.04 Å². The predicted molar refractivity (Wildman–Crippen MR) is 97.9 cm³/mol. The lowest BCUT2D eigenvalue weighted by Gasteiger charge is -2.20. The van der Waals surface area contributed by atoms with Crippen LogP contribution in [0.25, 0.3) is 0 Å². The van der Waals surface area contributed by atoms with E-state index in [9.17, 15) is 19.5 Å². The quantitative estimate of drug-likeness (QED) is 0.232. The molecule has 30 heavy (non-hydrogen) atoms. The second kappa shape index (κ2) is 10.3. The monoisotopic (exact) mass is 425 g/mol. The number of nitrogens with one attached hydrogen (secondary N) is 3. The lowest BCUT2D eigenvalue weighted by atomic mass is 10.1. The molecule has 2 aromatic rings. The molecule has 8 N–H and O–H groups in total. The van der Waals surface area contributed by atoms with Crippen LogP contribution in [0.15, 0.2) is 17.0 Å². The number of aromatic amines is 1. The van der Waals surface area contributed by atoms with Gasteiger partial charge in [-0.2, -0.15) is 4.98 Å². The number of carboxylic acid groups (broad SMARTS) is 2. The number of imidazole rings is 1. The van der Waals surface area contributed by atoms with E-state index in [2.05, 4.69) is 30.7 Å². The van der Waals surface area contributed by atoms with Crippen molar-refractivity contribution in [2.75, 3.05) is 0 Å². The molecule has 0 fully saturated rings. The number of nitrogens with zero attached hydrogens (tertiary/aromatic N) is 3. The van der Waals surface area contributed by atoms with Crippen LogP contribution in [0.4, 0.5) is 4.79 Å². The van der Waals surface area contributed by atoms with Crippen LogP contribution in [0, 0.1) is 0 Å². The molecule has 2 amide bonds. The van der Waals surface area contributed by atoms with Gasteiger partial charge >= 0.3 is 18.0 Å². The molecule has 0 aliphatic heterocycles. The first-order chi connectivity index (χ1) is 14.2. The van der Waals surface area contributed by atoms with Gasteiger partial charge in [-0.05, 0) is 13.3 Å². The van der Waals surface area contributed by atoms with Gasteiger partial charge in [-0.3, -0.25) is 4.79 Å². The Kier molecular flexibility index (Phi) is 7.83. The summed E-state index contributed by atoms with van der Waals surface area (Å²) in [6.07, 6.45) is 1.62. The van der Waals surface area contributed by atoms with Crippen LogP contribution in [0.1, 0.15) is 49.3 Å². The zero-order valence-corrected chi connectivity index (χ0v) is 16.0. The summed E-state index contributed by atoms with van der Waals surface area (Å²) in [6.45, 7) is 1.20. The number of aliphatic hydroxyl groups is 1. The van der Waals surface area contributed by atoms with Gasteiger partial charge in [0.15, 0.2) is 11.9 Å². The minimum atomic E-state index is -1.56. The lowest BCUT2D eigenvalue weighted by Crippen LogP contribution is -2.51. The van der Waals surface area contributed by atoms with Crippen LogP contribution in [0.3, 0.4) is 0 Å². The van der Waals surface area contributed by atoms with E-state index in [1.807, 2.05) is 0 Å². The maximum Gasteiger partial charge on any atom is 0.328 e. The number of carbonyl (C=O) groups is 3. The Morgan fingerprint density at radius 3 is 2.60 bits per heavy atom. The van der Waals surface area contributed by atoms with Crippen LogP contribution in [-0.4, -0.2) is 65.5 Å². The Morgan fingerprint density at radius 1 is 1.30 bits per heavy atom. The highest BCUT2D eigenvalue weighted by molar-refractivity contribution is 5.83. The number of hydrogen-bond acceptors (Lipinski definition) is 9. The van der Waals surface area contributed by atoms with E-state index >= 15 is 0 Å². The fourth-order valence-electron chi connectivity index (χ4n) is 2.52. The van der Waals surface area contributed by atoms with Crippen molar-refractivity contribution in [1.29, 1.82) is 0 Å². The molecule has 0 saturated carbocycles. The number of amides is 2. The molecule has 0 radical (unpaired) electrons. The number of hydrogen-bond donors (Lipinski definition) is 7. The van der Waals surface area contributed by atoms with E-state index in [0.717, 1.165) is 5.69 Å². The van der Waals surface area contributed by atoms with Crippen molar-refractivity contribution in [2.45, 2.75) is 50.4 Å². The molecule has 164 valence electrons. The first-order valence-corrected chi connectivity index (χ1v) is 8.93. The van der Waals surface area contributed by atoms with E-state index in [-0.39, 0.29) is 24.6 Å².